The van der Waals surface area contributed by atoms with Crippen molar-refractivity contribution in [1.29, 1.82) is 0 Å². The minimum Gasteiger partial charge on any atom is -0.435 e. The van der Waals surface area contributed by atoms with Crippen molar-refractivity contribution in [2.45, 2.75) is 18.9 Å². The lowest BCUT2D eigenvalue weighted by Crippen LogP contribution is -2.29. The summed E-state index contributed by atoms with van der Waals surface area (Å²) in [6.45, 7) is 2.09. The van der Waals surface area contributed by atoms with E-state index in [4.69, 9.17) is 4.74 Å². The molecule has 5 nitrogen and oxygen atoms in total. The van der Waals surface area contributed by atoms with Gasteiger partial charge in [0.15, 0.2) is 5.60 Å². The summed E-state index contributed by atoms with van der Waals surface area (Å²) in [6, 6.07) is 9.39. The predicted molar refractivity (Wildman–Crippen MR) is 57.4 cm³/mol. The summed E-state index contributed by atoms with van der Waals surface area (Å²) in [5, 5.41) is 3.46. The summed E-state index contributed by atoms with van der Waals surface area (Å²) < 4.78 is 5.28. The van der Waals surface area contributed by atoms with Gasteiger partial charge in [-0.3, -0.25) is 0 Å². The van der Waals surface area contributed by atoms with Crippen molar-refractivity contribution in [3.05, 3.63) is 40.8 Å². The van der Waals surface area contributed by atoms with Crippen LogP contribution >= 0.6 is 0 Å². The lowest BCUT2D eigenvalue weighted by Gasteiger charge is -2.24. The van der Waals surface area contributed by atoms with Gasteiger partial charge in [-0.25, -0.2) is 4.79 Å². The molecule has 0 bridgehead atoms. The SMILES string of the molecule is CCC1(c2ccccc2)CN(N=O)C(=O)O1. The Balaban J connectivity index is 2.36. The zero-order valence-corrected chi connectivity index (χ0v) is 8.92. The second-order valence-electron chi connectivity index (χ2n) is 3.72. The van der Waals surface area contributed by atoms with E-state index in [2.05, 4.69) is 5.29 Å². The summed E-state index contributed by atoms with van der Waals surface area (Å²) in [5.41, 5.74) is 0.142. The fraction of sp³-hybridized carbons (Fsp3) is 0.364. The largest absolute Gasteiger partial charge is 0.435 e. The van der Waals surface area contributed by atoms with Crippen LogP contribution in [-0.4, -0.2) is 17.6 Å². The normalized spacial score (nSPS) is 24.3. The number of rotatable bonds is 3. The molecule has 0 saturated carbocycles. The number of cyclic esters (lactones) is 1. The third-order valence-electron chi connectivity index (χ3n) is 2.87. The average Bonchev–Trinajstić information content (AvgIpc) is 2.68. The zero-order valence-electron chi connectivity index (χ0n) is 8.92. The monoisotopic (exact) mass is 220 g/mol. The topological polar surface area (TPSA) is 59.0 Å². The molecule has 1 aromatic rings. The van der Waals surface area contributed by atoms with Gasteiger partial charge < -0.3 is 4.74 Å². The smallest absolute Gasteiger partial charge is 0.434 e. The van der Waals surface area contributed by atoms with Gasteiger partial charge in [0.2, 0.25) is 0 Å². The highest BCUT2D eigenvalue weighted by molar-refractivity contribution is 5.70. The van der Waals surface area contributed by atoms with E-state index in [1.165, 1.54) is 0 Å². The van der Waals surface area contributed by atoms with E-state index in [0.29, 0.717) is 6.42 Å². The van der Waals surface area contributed by atoms with E-state index < -0.39 is 11.7 Å². The van der Waals surface area contributed by atoms with Crippen LogP contribution < -0.4 is 0 Å². The average molecular weight is 220 g/mol. The summed E-state index contributed by atoms with van der Waals surface area (Å²) in [4.78, 5) is 21.8. The van der Waals surface area contributed by atoms with Crippen molar-refractivity contribution in [3.8, 4) is 0 Å². The van der Waals surface area contributed by atoms with Crippen molar-refractivity contribution in [2.75, 3.05) is 6.54 Å². The Morgan fingerprint density at radius 3 is 2.62 bits per heavy atom. The van der Waals surface area contributed by atoms with Crippen LogP contribution in [0.3, 0.4) is 0 Å². The summed E-state index contributed by atoms with van der Waals surface area (Å²) in [7, 11) is 0. The number of carbonyl (C=O) groups excluding carboxylic acids is 1. The maximum absolute atomic E-state index is 11.4. The second kappa shape index (κ2) is 3.92. The van der Waals surface area contributed by atoms with Crippen LogP contribution in [0, 0.1) is 4.91 Å². The third kappa shape index (κ3) is 1.54. The van der Waals surface area contributed by atoms with Gasteiger partial charge in [-0.05, 0) is 12.0 Å². The van der Waals surface area contributed by atoms with Crippen molar-refractivity contribution in [1.82, 2.24) is 5.01 Å². The molecule has 1 saturated heterocycles. The number of hydrogen-bond donors (Lipinski definition) is 0. The first-order valence-electron chi connectivity index (χ1n) is 5.11. The highest BCUT2D eigenvalue weighted by Crippen LogP contribution is 2.36. The molecule has 1 aliphatic heterocycles. The third-order valence-corrected chi connectivity index (χ3v) is 2.87. The van der Waals surface area contributed by atoms with Crippen molar-refractivity contribution in [3.63, 3.8) is 0 Å². The molecule has 1 aromatic carbocycles. The molecule has 0 aromatic heterocycles. The lowest BCUT2D eigenvalue weighted by atomic mass is 9.91. The Bertz CT molecular complexity index is 407. The van der Waals surface area contributed by atoms with Crippen LogP contribution in [0.2, 0.25) is 0 Å². The van der Waals surface area contributed by atoms with Crippen LogP contribution in [0.4, 0.5) is 4.79 Å². The number of nitroso groups, excluding NO2 is 1. The van der Waals surface area contributed by atoms with E-state index in [9.17, 15) is 9.70 Å². The molecule has 0 aliphatic carbocycles. The number of ether oxygens (including phenoxy) is 1. The molecular weight excluding hydrogens is 208 g/mol. The van der Waals surface area contributed by atoms with Crippen LogP contribution in [0.25, 0.3) is 0 Å². The van der Waals surface area contributed by atoms with Gasteiger partial charge in [-0.15, -0.1) is 4.91 Å². The van der Waals surface area contributed by atoms with E-state index >= 15 is 0 Å². The Morgan fingerprint density at radius 2 is 2.12 bits per heavy atom. The molecule has 0 radical (unpaired) electrons. The molecule has 5 heteroatoms. The first kappa shape index (κ1) is 10.6. The fourth-order valence-electron chi connectivity index (χ4n) is 1.90. The molecule has 0 spiro atoms. The predicted octanol–water partition coefficient (Wildman–Crippen LogP) is 2.43. The van der Waals surface area contributed by atoms with Gasteiger partial charge in [0.05, 0.1) is 11.8 Å². The standard InChI is InChI=1S/C11H12N2O3/c1-2-11(9-6-4-3-5-7-9)8-13(12-15)10(14)16-11/h3-7H,2,8H2,1H3. The molecule has 1 heterocycles. The van der Waals surface area contributed by atoms with Crippen molar-refractivity contribution >= 4 is 6.09 Å². The number of nitrogens with zero attached hydrogens (tertiary/aromatic N) is 2. The van der Waals surface area contributed by atoms with Crippen molar-refractivity contribution < 1.29 is 9.53 Å². The van der Waals surface area contributed by atoms with Crippen LogP contribution in [0.5, 0.6) is 0 Å². The summed E-state index contributed by atoms with van der Waals surface area (Å²) >= 11 is 0. The molecule has 1 unspecified atom stereocenters. The molecule has 1 aliphatic rings. The zero-order chi connectivity index (χ0) is 11.6. The van der Waals surface area contributed by atoms with Gasteiger partial charge in [-0.2, -0.15) is 5.01 Å². The van der Waals surface area contributed by atoms with Gasteiger partial charge in [0.25, 0.3) is 0 Å². The first-order chi connectivity index (χ1) is 7.72. The molecule has 2 rings (SSSR count). The minimum atomic E-state index is -0.744. The van der Waals surface area contributed by atoms with E-state index in [0.717, 1.165) is 10.6 Å². The Hall–Kier alpha value is -1.91. The van der Waals surface area contributed by atoms with E-state index in [1.807, 2.05) is 37.3 Å². The Labute approximate surface area is 93.0 Å². The van der Waals surface area contributed by atoms with Gasteiger partial charge >= 0.3 is 6.09 Å². The fourth-order valence-corrected chi connectivity index (χ4v) is 1.90. The molecule has 1 fully saturated rings. The maximum atomic E-state index is 11.4. The number of benzene rings is 1. The molecule has 0 N–H and O–H groups in total. The van der Waals surface area contributed by atoms with E-state index in [1.54, 1.807) is 0 Å². The van der Waals surface area contributed by atoms with Crippen molar-refractivity contribution in [2.24, 2.45) is 5.29 Å². The molecule has 1 amide bonds. The van der Waals surface area contributed by atoms with Gasteiger partial charge in [0.1, 0.15) is 0 Å². The maximum Gasteiger partial charge on any atom is 0.434 e. The number of hydrogen-bond acceptors (Lipinski definition) is 4. The molecule has 16 heavy (non-hydrogen) atoms. The van der Waals surface area contributed by atoms with Gasteiger partial charge in [-0.1, -0.05) is 37.3 Å². The summed E-state index contributed by atoms with van der Waals surface area (Å²) in [5.74, 6) is 0. The van der Waals surface area contributed by atoms with E-state index in [-0.39, 0.29) is 6.54 Å². The number of amides is 1. The van der Waals surface area contributed by atoms with Crippen LogP contribution in [0.15, 0.2) is 35.6 Å². The Morgan fingerprint density at radius 1 is 1.44 bits per heavy atom. The summed E-state index contributed by atoms with van der Waals surface area (Å²) in [6.07, 6.45) is -0.0740. The van der Waals surface area contributed by atoms with Crippen LogP contribution in [0.1, 0.15) is 18.9 Å². The Kier molecular flexibility index (Phi) is 2.60. The number of carbonyl (C=O) groups is 1. The second-order valence-corrected chi connectivity index (χ2v) is 3.72. The van der Waals surface area contributed by atoms with Crippen LogP contribution in [-0.2, 0) is 10.3 Å². The highest BCUT2D eigenvalue weighted by Gasteiger charge is 2.46. The molecule has 1 atom stereocenters. The van der Waals surface area contributed by atoms with Gasteiger partial charge in [0, 0.05) is 0 Å². The lowest BCUT2D eigenvalue weighted by molar-refractivity contribution is 0.0511. The minimum absolute atomic E-state index is 0.176. The quantitative estimate of drug-likeness (QED) is 0.735. The molecule has 84 valence electrons. The molecular formula is C11H12N2O3. The first-order valence-corrected chi connectivity index (χ1v) is 5.11. The highest BCUT2D eigenvalue weighted by atomic mass is 16.6.